The first-order valence-electron chi connectivity index (χ1n) is 8.52. The summed E-state index contributed by atoms with van der Waals surface area (Å²) >= 11 is 0. The van der Waals surface area contributed by atoms with E-state index in [2.05, 4.69) is 51.2 Å². The van der Waals surface area contributed by atoms with Gasteiger partial charge in [-0.25, -0.2) is 0 Å². The van der Waals surface area contributed by atoms with Gasteiger partial charge in [0.2, 0.25) is 0 Å². The lowest BCUT2D eigenvalue weighted by atomic mass is 9.88. The van der Waals surface area contributed by atoms with Gasteiger partial charge in [-0.15, -0.1) is 0 Å². The Balaban J connectivity index is 1.96. The molecule has 2 heteroatoms. The fraction of sp³-hybridized carbons (Fsp3) is 0.684. The number of benzene rings is 1. The number of hydrogen-bond donors (Lipinski definition) is 1. The molecule has 0 aliphatic heterocycles. The van der Waals surface area contributed by atoms with Gasteiger partial charge in [0.05, 0.1) is 18.8 Å². The van der Waals surface area contributed by atoms with Crippen LogP contribution in [-0.2, 0) is 4.74 Å². The van der Waals surface area contributed by atoms with E-state index in [1.807, 2.05) is 0 Å². The third-order valence-corrected chi connectivity index (χ3v) is 4.77. The van der Waals surface area contributed by atoms with Gasteiger partial charge in [0.25, 0.3) is 0 Å². The van der Waals surface area contributed by atoms with Crippen molar-refractivity contribution in [1.29, 1.82) is 0 Å². The maximum atomic E-state index is 6.23. The first kappa shape index (κ1) is 16.5. The highest BCUT2D eigenvalue weighted by atomic mass is 16.5. The highest BCUT2D eigenvalue weighted by Crippen LogP contribution is 2.27. The van der Waals surface area contributed by atoms with E-state index in [0.717, 1.165) is 19.1 Å². The van der Waals surface area contributed by atoms with Crippen molar-refractivity contribution in [3.63, 3.8) is 0 Å². The van der Waals surface area contributed by atoms with Crippen LogP contribution in [0.15, 0.2) is 18.2 Å². The van der Waals surface area contributed by atoms with E-state index in [9.17, 15) is 0 Å². The summed E-state index contributed by atoms with van der Waals surface area (Å²) < 4.78 is 6.23. The topological polar surface area (TPSA) is 21.3 Å². The minimum Gasteiger partial charge on any atom is -0.376 e. The molecule has 2 nitrogen and oxygen atoms in total. The van der Waals surface area contributed by atoms with E-state index < -0.39 is 0 Å². The molecule has 0 spiro atoms. The van der Waals surface area contributed by atoms with E-state index in [4.69, 9.17) is 4.74 Å². The second kappa shape index (κ2) is 7.95. The molecule has 1 aromatic rings. The Morgan fingerprint density at radius 1 is 1.24 bits per heavy atom. The van der Waals surface area contributed by atoms with E-state index in [1.165, 1.54) is 42.4 Å². The minimum atomic E-state index is 0.312. The molecule has 3 unspecified atom stereocenters. The summed E-state index contributed by atoms with van der Waals surface area (Å²) in [5, 5.41) is 3.57. The minimum absolute atomic E-state index is 0.312. The Labute approximate surface area is 130 Å². The SMILES string of the molecule is CCNC(COC1CCCC(C)C1)c1ccc(C)c(C)c1. The third-order valence-electron chi connectivity index (χ3n) is 4.77. The molecular formula is C19H31NO. The average Bonchev–Trinajstić information content (AvgIpc) is 2.46. The zero-order valence-corrected chi connectivity index (χ0v) is 14.1. The summed E-state index contributed by atoms with van der Waals surface area (Å²) in [6, 6.07) is 7.07. The number of rotatable bonds is 6. The van der Waals surface area contributed by atoms with Crippen LogP contribution in [0.2, 0.25) is 0 Å². The van der Waals surface area contributed by atoms with Gasteiger partial charge >= 0.3 is 0 Å². The van der Waals surface area contributed by atoms with Gasteiger partial charge in [-0.1, -0.05) is 44.9 Å². The molecule has 1 saturated carbocycles. The molecule has 1 N–H and O–H groups in total. The van der Waals surface area contributed by atoms with Crippen LogP contribution in [0.4, 0.5) is 0 Å². The first-order valence-corrected chi connectivity index (χ1v) is 8.52. The van der Waals surface area contributed by atoms with Gasteiger partial charge < -0.3 is 10.1 Å². The van der Waals surface area contributed by atoms with Gasteiger partial charge in [0, 0.05) is 0 Å². The Bertz CT molecular complexity index is 443. The maximum Gasteiger partial charge on any atom is 0.0665 e. The van der Waals surface area contributed by atoms with Crippen molar-refractivity contribution >= 4 is 0 Å². The van der Waals surface area contributed by atoms with E-state index in [1.54, 1.807) is 0 Å². The van der Waals surface area contributed by atoms with Crippen molar-refractivity contribution in [2.45, 2.75) is 65.5 Å². The Kier molecular flexibility index (Phi) is 6.25. The van der Waals surface area contributed by atoms with Crippen LogP contribution in [0, 0.1) is 19.8 Å². The number of ether oxygens (including phenoxy) is 1. The number of nitrogens with one attached hydrogen (secondary N) is 1. The van der Waals surface area contributed by atoms with Gasteiger partial charge in [-0.3, -0.25) is 0 Å². The average molecular weight is 289 g/mol. The zero-order chi connectivity index (χ0) is 15.2. The highest BCUT2D eigenvalue weighted by Gasteiger charge is 2.21. The molecule has 0 amide bonds. The molecule has 2 rings (SSSR count). The van der Waals surface area contributed by atoms with Crippen molar-refractivity contribution in [2.24, 2.45) is 5.92 Å². The lowest BCUT2D eigenvalue weighted by Gasteiger charge is -2.29. The lowest BCUT2D eigenvalue weighted by Crippen LogP contribution is -2.29. The van der Waals surface area contributed by atoms with Crippen LogP contribution < -0.4 is 5.32 Å². The summed E-state index contributed by atoms with van der Waals surface area (Å²) in [6.07, 6.45) is 5.61. The number of hydrogen-bond acceptors (Lipinski definition) is 2. The Morgan fingerprint density at radius 2 is 2.05 bits per heavy atom. The van der Waals surface area contributed by atoms with E-state index in [0.29, 0.717) is 12.1 Å². The predicted octanol–water partition coefficient (Wildman–Crippen LogP) is 4.55. The third kappa shape index (κ3) is 4.82. The normalized spacial score (nSPS) is 24.0. The zero-order valence-electron chi connectivity index (χ0n) is 14.1. The van der Waals surface area contributed by atoms with Crippen molar-refractivity contribution < 1.29 is 4.74 Å². The van der Waals surface area contributed by atoms with E-state index in [-0.39, 0.29) is 0 Å². The summed E-state index contributed by atoms with van der Waals surface area (Å²) in [7, 11) is 0. The van der Waals surface area contributed by atoms with Gasteiger partial charge in [0.1, 0.15) is 0 Å². The number of aryl methyl sites for hydroxylation is 2. The fourth-order valence-electron chi connectivity index (χ4n) is 3.26. The molecule has 1 aliphatic rings. The first-order chi connectivity index (χ1) is 10.1. The smallest absolute Gasteiger partial charge is 0.0665 e. The molecule has 21 heavy (non-hydrogen) atoms. The predicted molar refractivity (Wildman–Crippen MR) is 89.7 cm³/mol. The molecular weight excluding hydrogens is 258 g/mol. The monoisotopic (exact) mass is 289 g/mol. The molecule has 1 aliphatic carbocycles. The molecule has 0 bridgehead atoms. The quantitative estimate of drug-likeness (QED) is 0.829. The molecule has 0 aromatic heterocycles. The van der Waals surface area contributed by atoms with Crippen LogP contribution in [0.1, 0.15) is 62.3 Å². The van der Waals surface area contributed by atoms with Crippen molar-refractivity contribution in [3.8, 4) is 0 Å². The Hall–Kier alpha value is -0.860. The summed E-state index contributed by atoms with van der Waals surface area (Å²) in [5.74, 6) is 0.822. The second-order valence-corrected chi connectivity index (χ2v) is 6.68. The molecule has 1 fully saturated rings. The van der Waals surface area contributed by atoms with Crippen LogP contribution >= 0.6 is 0 Å². The molecule has 1 aromatic carbocycles. The van der Waals surface area contributed by atoms with Crippen LogP contribution in [0.3, 0.4) is 0 Å². The fourth-order valence-corrected chi connectivity index (χ4v) is 3.26. The summed E-state index contributed by atoms with van der Waals surface area (Å²) in [6.45, 7) is 10.6. The summed E-state index contributed by atoms with van der Waals surface area (Å²) in [5.41, 5.74) is 4.07. The standard InChI is InChI=1S/C19H31NO/c1-5-20-19(17-10-9-15(3)16(4)12-17)13-21-18-8-6-7-14(2)11-18/h9-10,12,14,18-20H,5-8,11,13H2,1-4H3. The van der Waals surface area contributed by atoms with Crippen molar-refractivity contribution in [1.82, 2.24) is 5.32 Å². The molecule has 0 radical (unpaired) electrons. The lowest BCUT2D eigenvalue weighted by molar-refractivity contribution is 0.00416. The maximum absolute atomic E-state index is 6.23. The Morgan fingerprint density at radius 3 is 2.71 bits per heavy atom. The van der Waals surface area contributed by atoms with Crippen LogP contribution in [0.25, 0.3) is 0 Å². The van der Waals surface area contributed by atoms with E-state index >= 15 is 0 Å². The van der Waals surface area contributed by atoms with Crippen LogP contribution in [0.5, 0.6) is 0 Å². The molecule has 118 valence electrons. The molecule has 0 saturated heterocycles. The molecule has 0 heterocycles. The van der Waals surface area contributed by atoms with Crippen molar-refractivity contribution in [2.75, 3.05) is 13.2 Å². The summed E-state index contributed by atoms with van der Waals surface area (Å²) in [4.78, 5) is 0. The molecule has 3 atom stereocenters. The van der Waals surface area contributed by atoms with Gasteiger partial charge in [0.15, 0.2) is 0 Å². The number of likely N-dealkylation sites (N-methyl/N-ethyl adjacent to an activating group) is 1. The van der Waals surface area contributed by atoms with Gasteiger partial charge in [-0.2, -0.15) is 0 Å². The van der Waals surface area contributed by atoms with Crippen molar-refractivity contribution in [3.05, 3.63) is 34.9 Å². The largest absolute Gasteiger partial charge is 0.376 e. The van der Waals surface area contributed by atoms with Crippen LogP contribution in [-0.4, -0.2) is 19.3 Å². The second-order valence-electron chi connectivity index (χ2n) is 6.68. The highest BCUT2D eigenvalue weighted by molar-refractivity contribution is 5.31. The van der Waals surface area contributed by atoms with Gasteiger partial charge in [-0.05, 0) is 55.8 Å².